The Kier molecular flexibility index (Phi) is 3.57. The number of nitrogens with two attached hydrogens (primary N) is 1. The summed E-state index contributed by atoms with van der Waals surface area (Å²) in [6.07, 6.45) is 0. The third-order valence-electron chi connectivity index (χ3n) is 3.26. The van der Waals surface area contributed by atoms with Gasteiger partial charge in [-0.15, -0.1) is 0 Å². The molecule has 0 bridgehead atoms. The Labute approximate surface area is 102 Å². The molecule has 0 saturated carbocycles. The minimum absolute atomic E-state index is 0.0519. The number of hydrazine groups is 1. The van der Waals surface area contributed by atoms with Crippen molar-refractivity contribution in [2.24, 2.45) is 5.84 Å². The highest BCUT2D eigenvalue weighted by Crippen LogP contribution is 2.25. The predicted molar refractivity (Wildman–Crippen MR) is 71.5 cm³/mol. The van der Waals surface area contributed by atoms with Gasteiger partial charge in [-0.05, 0) is 36.1 Å². The first kappa shape index (κ1) is 11.8. The summed E-state index contributed by atoms with van der Waals surface area (Å²) in [7, 11) is 0. The molecule has 2 aromatic rings. The maximum atomic E-state index is 5.71. The number of benzene rings is 2. The van der Waals surface area contributed by atoms with E-state index in [0.717, 1.165) is 0 Å². The van der Waals surface area contributed by atoms with E-state index < -0.39 is 0 Å². The van der Waals surface area contributed by atoms with Crippen molar-refractivity contribution >= 4 is 0 Å². The molecule has 0 aliphatic rings. The van der Waals surface area contributed by atoms with Gasteiger partial charge in [0.25, 0.3) is 0 Å². The molecule has 0 radical (unpaired) electrons. The van der Waals surface area contributed by atoms with Crippen LogP contribution in [0.3, 0.4) is 0 Å². The molecule has 1 unspecified atom stereocenters. The minimum Gasteiger partial charge on any atom is -0.271 e. The summed E-state index contributed by atoms with van der Waals surface area (Å²) in [5.74, 6) is 5.71. The van der Waals surface area contributed by atoms with Crippen molar-refractivity contribution in [3.05, 3.63) is 70.8 Å². The normalized spacial score (nSPS) is 12.4. The maximum absolute atomic E-state index is 5.71. The Morgan fingerprint density at radius 2 is 1.65 bits per heavy atom. The third kappa shape index (κ3) is 2.38. The average Bonchev–Trinajstić information content (AvgIpc) is 2.37. The predicted octanol–water partition coefficient (Wildman–Crippen LogP) is 2.86. The molecule has 1 atom stereocenters. The van der Waals surface area contributed by atoms with Crippen LogP contribution in [-0.2, 0) is 0 Å². The van der Waals surface area contributed by atoms with E-state index in [-0.39, 0.29) is 6.04 Å². The van der Waals surface area contributed by atoms with Crippen molar-refractivity contribution in [3.8, 4) is 0 Å². The van der Waals surface area contributed by atoms with Gasteiger partial charge in [-0.1, -0.05) is 48.5 Å². The van der Waals surface area contributed by atoms with Crippen LogP contribution in [0.15, 0.2) is 48.5 Å². The lowest BCUT2D eigenvalue weighted by atomic mass is 9.93. The van der Waals surface area contributed by atoms with Gasteiger partial charge in [0.1, 0.15) is 0 Å². The van der Waals surface area contributed by atoms with Crippen LogP contribution in [0.1, 0.15) is 28.3 Å². The molecule has 0 amide bonds. The lowest BCUT2D eigenvalue weighted by Gasteiger charge is -2.20. The summed E-state index contributed by atoms with van der Waals surface area (Å²) in [6, 6.07) is 16.6. The summed E-state index contributed by atoms with van der Waals surface area (Å²) in [5.41, 5.74) is 7.90. The zero-order valence-corrected chi connectivity index (χ0v) is 10.3. The molecule has 0 heterocycles. The van der Waals surface area contributed by atoms with E-state index in [1.807, 2.05) is 18.2 Å². The summed E-state index contributed by atoms with van der Waals surface area (Å²) >= 11 is 0. The summed E-state index contributed by atoms with van der Waals surface area (Å²) in [6.45, 7) is 4.26. The van der Waals surface area contributed by atoms with Gasteiger partial charge in [0, 0.05) is 0 Å². The highest BCUT2D eigenvalue weighted by atomic mass is 15.2. The molecule has 88 valence electrons. The van der Waals surface area contributed by atoms with Crippen LogP contribution in [0.25, 0.3) is 0 Å². The van der Waals surface area contributed by atoms with E-state index in [1.54, 1.807) is 0 Å². The van der Waals surface area contributed by atoms with Crippen LogP contribution in [0.4, 0.5) is 0 Å². The van der Waals surface area contributed by atoms with Crippen molar-refractivity contribution in [3.63, 3.8) is 0 Å². The average molecular weight is 226 g/mol. The fraction of sp³-hybridized carbons (Fsp3) is 0.200. The Hall–Kier alpha value is -1.64. The van der Waals surface area contributed by atoms with Gasteiger partial charge in [-0.3, -0.25) is 5.84 Å². The van der Waals surface area contributed by atoms with Crippen molar-refractivity contribution in [2.45, 2.75) is 19.9 Å². The molecule has 0 aliphatic carbocycles. The minimum atomic E-state index is 0.0519. The highest BCUT2D eigenvalue weighted by Gasteiger charge is 2.14. The van der Waals surface area contributed by atoms with E-state index in [2.05, 4.69) is 49.6 Å². The highest BCUT2D eigenvalue weighted by molar-refractivity contribution is 5.40. The van der Waals surface area contributed by atoms with E-state index in [9.17, 15) is 0 Å². The number of hydrogen-bond donors (Lipinski definition) is 2. The van der Waals surface area contributed by atoms with E-state index in [0.29, 0.717) is 0 Å². The Bertz CT molecular complexity index is 492. The van der Waals surface area contributed by atoms with Crippen molar-refractivity contribution in [1.82, 2.24) is 5.43 Å². The summed E-state index contributed by atoms with van der Waals surface area (Å²) in [4.78, 5) is 0. The lowest BCUT2D eigenvalue weighted by molar-refractivity contribution is 0.633. The van der Waals surface area contributed by atoms with Crippen LogP contribution in [0.5, 0.6) is 0 Å². The molecule has 2 nitrogen and oxygen atoms in total. The number of rotatable bonds is 3. The molecule has 2 aromatic carbocycles. The molecule has 3 N–H and O–H groups in total. The van der Waals surface area contributed by atoms with Crippen LogP contribution in [0, 0.1) is 13.8 Å². The Morgan fingerprint density at radius 3 is 2.29 bits per heavy atom. The third-order valence-corrected chi connectivity index (χ3v) is 3.26. The quantitative estimate of drug-likeness (QED) is 0.624. The zero-order chi connectivity index (χ0) is 12.3. The molecule has 0 fully saturated rings. The fourth-order valence-electron chi connectivity index (χ4n) is 2.10. The first-order valence-corrected chi connectivity index (χ1v) is 5.81. The van der Waals surface area contributed by atoms with Crippen molar-refractivity contribution < 1.29 is 0 Å². The summed E-state index contributed by atoms with van der Waals surface area (Å²) in [5, 5.41) is 0. The van der Waals surface area contributed by atoms with Crippen LogP contribution < -0.4 is 11.3 Å². The van der Waals surface area contributed by atoms with Gasteiger partial charge < -0.3 is 0 Å². The van der Waals surface area contributed by atoms with Gasteiger partial charge in [0.15, 0.2) is 0 Å². The molecule has 0 spiro atoms. The maximum Gasteiger partial charge on any atom is 0.0712 e. The second-order valence-electron chi connectivity index (χ2n) is 4.30. The number of hydrogen-bond acceptors (Lipinski definition) is 2. The van der Waals surface area contributed by atoms with Crippen LogP contribution >= 0.6 is 0 Å². The molecule has 0 saturated heterocycles. The van der Waals surface area contributed by atoms with E-state index >= 15 is 0 Å². The van der Waals surface area contributed by atoms with E-state index in [4.69, 9.17) is 5.84 Å². The second kappa shape index (κ2) is 5.13. The molecular weight excluding hydrogens is 208 g/mol. The van der Waals surface area contributed by atoms with Gasteiger partial charge in [-0.25, -0.2) is 5.43 Å². The Balaban J connectivity index is 2.46. The van der Waals surface area contributed by atoms with Crippen LogP contribution in [-0.4, -0.2) is 0 Å². The van der Waals surface area contributed by atoms with Gasteiger partial charge in [-0.2, -0.15) is 0 Å². The lowest BCUT2D eigenvalue weighted by Crippen LogP contribution is -2.29. The Morgan fingerprint density at radius 1 is 0.941 bits per heavy atom. The SMILES string of the molecule is Cc1cccc(C(NN)c2ccccc2)c1C. The van der Waals surface area contributed by atoms with Gasteiger partial charge in [0.2, 0.25) is 0 Å². The fourth-order valence-corrected chi connectivity index (χ4v) is 2.10. The summed E-state index contributed by atoms with van der Waals surface area (Å²) < 4.78 is 0. The first-order valence-electron chi connectivity index (χ1n) is 5.81. The first-order chi connectivity index (χ1) is 8.24. The van der Waals surface area contributed by atoms with E-state index in [1.165, 1.54) is 22.3 Å². The topological polar surface area (TPSA) is 38.0 Å². The standard InChI is InChI=1S/C15H18N2/c1-11-7-6-10-14(12(11)2)15(17-16)13-8-4-3-5-9-13/h3-10,15,17H,16H2,1-2H3. The molecule has 17 heavy (non-hydrogen) atoms. The second-order valence-corrected chi connectivity index (χ2v) is 4.30. The number of aryl methyl sites for hydroxylation is 1. The molecule has 2 heteroatoms. The number of nitrogens with one attached hydrogen (secondary N) is 1. The van der Waals surface area contributed by atoms with Crippen molar-refractivity contribution in [1.29, 1.82) is 0 Å². The molecule has 0 aromatic heterocycles. The molecular formula is C15H18N2. The van der Waals surface area contributed by atoms with Crippen LogP contribution in [0.2, 0.25) is 0 Å². The largest absolute Gasteiger partial charge is 0.271 e. The molecule has 0 aliphatic heterocycles. The van der Waals surface area contributed by atoms with Crippen molar-refractivity contribution in [2.75, 3.05) is 0 Å². The van der Waals surface area contributed by atoms with Gasteiger partial charge >= 0.3 is 0 Å². The molecule has 2 rings (SSSR count). The van der Waals surface area contributed by atoms with Gasteiger partial charge in [0.05, 0.1) is 6.04 Å². The zero-order valence-electron chi connectivity index (χ0n) is 10.3. The smallest absolute Gasteiger partial charge is 0.0712 e. The monoisotopic (exact) mass is 226 g/mol.